The average Bonchev–Trinajstić information content (AvgIpc) is 2.16. The molecule has 0 radical (unpaired) electrons. The first-order chi connectivity index (χ1) is 7.24. The lowest BCUT2D eigenvalue weighted by molar-refractivity contribution is 0.0624. The molecule has 0 saturated heterocycles. The summed E-state index contributed by atoms with van der Waals surface area (Å²) in [5, 5.41) is 2.65. The monoisotopic (exact) mass is 206 g/mol. The molecule has 1 aliphatic carbocycles. The van der Waals surface area contributed by atoms with Crippen LogP contribution in [0.25, 0.3) is 0 Å². The minimum Gasteiger partial charge on any atom is -0.446 e. The van der Waals surface area contributed by atoms with Gasteiger partial charge < -0.3 is 10.5 Å². The zero-order valence-electron chi connectivity index (χ0n) is 8.40. The van der Waals surface area contributed by atoms with Crippen molar-refractivity contribution in [3.05, 3.63) is 24.3 Å². The first-order valence-corrected chi connectivity index (χ1v) is 5.07. The van der Waals surface area contributed by atoms with E-state index < -0.39 is 0 Å². The van der Waals surface area contributed by atoms with Crippen molar-refractivity contribution in [3.63, 3.8) is 0 Å². The molecule has 0 bridgehead atoms. The quantitative estimate of drug-likeness (QED) is 0.730. The van der Waals surface area contributed by atoms with Crippen molar-refractivity contribution < 1.29 is 9.53 Å². The number of carbonyl (C=O) groups is 1. The molecule has 0 atom stereocenters. The summed E-state index contributed by atoms with van der Waals surface area (Å²) >= 11 is 0. The first kappa shape index (κ1) is 9.83. The Kier molecular flexibility index (Phi) is 2.76. The molecular weight excluding hydrogens is 192 g/mol. The van der Waals surface area contributed by atoms with Crippen LogP contribution in [0.1, 0.15) is 19.3 Å². The highest BCUT2D eigenvalue weighted by atomic mass is 16.6. The number of hydrogen-bond acceptors (Lipinski definition) is 3. The van der Waals surface area contributed by atoms with Crippen LogP contribution >= 0.6 is 0 Å². The number of nitrogen functional groups attached to an aromatic ring is 1. The summed E-state index contributed by atoms with van der Waals surface area (Å²) < 4.78 is 5.14. The van der Waals surface area contributed by atoms with E-state index in [-0.39, 0.29) is 12.2 Å². The molecule has 4 nitrogen and oxygen atoms in total. The zero-order valence-corrected chi connectivity index (χ0v) is 8.40. The van der Waals surface area contributed by atoms with Gasteiger partial charge in [0, 0.05) is 11.4 Å². The highest BCUT2D eigenvalue weighted by molar-refractivity contribution is 5.84. The molecule has 1 aromatic rings. The second-order valence-electron chi connectivity index (χ2n) is 3.71. The van der Waals surface area contributed by atoms with Gasteiger partial charge in [0.25, 0.3) is 0 Å². The van der Waals surface area contributed by atoms with Crippen LogP contribution in [0, 0.1) is 0 Å². The Hall–Kier alpha value is -1.71. The van der Waals surface area contributed by atoms with Crippen molar-refractivity contribution >= 4 is 17.5 Å². The molecule has 1 amide bonds. The molecule has 0 heterocycles. The average molecular weight is 206 g/mol. The lowest BCUT2D eigenvalue weighted by atomic mass is 9.96. The fourth-order valence-corrected chi connectivity index (χ4v) is 1.35. The Morgan fingerprint density at radius 1 is 1.33 bits per heavy atom. The molecule has 80 valence electrons. The summed E-state index contributed by atoms with van der Waals surface area (Å²) in [5.41, 5.74) is 6.90. The van der Waals surface area contributed by atoms with Crippen molar-refractivity contribution in [1.29, 1.82) is 0 Å². The van der Waals surface area contributed by atoms with E-state index in [1.54, 1.807) is 24.3 Å². The maximum Gasteiger partial charge on any atom is 0.411 e. The van der Waals surface area contributed by atoms with Gasteiger partial charge in [0.05, 0.1) is 0 Å². The summed E-state index contributed by atoms with van der Waals surface area (Å²) in [6.07, 6.45) is 2.84. The van der Waals surface area contributed by atoms with Gasteiger partial charge in [-0.3, -0.25) is 5.32 Å². The van der Waals surface area contributed by atoms with Crippen LogP contribution in [-0.2, 0) is 4.74 Å². The second-order valence-corrected chi connectivity index (χ2v) is 3.71. The lowest BCUT2D eigenvalue weighted by Crippen LogP contribution is -2.27. The molecule has 1 aliphatic rings. The number of nitrogens with two attached hydrogens (primary N) is 1. The summed E-state index contributed by atoms with van der Waals surface area (Å²) in [7, 11) is 0. The van der Waals surface area contributed by atoms with E-state index in [9.17, 15) is 4.79 Å². The third-order valence-corrected chi connectivity index (χ3v) is 2.48. The zero-order chi connectivity index (χ0) is 10.7. The van der Waals surface area contributed by atoms with Crippen molar-refractivity contribution in [3.8, 4) is 0 Å². The fourth-order valence-electron chi connectivity index (χ4n) is 1.35. The summed E-state index contributed by atoms with van der Waals surface area (Å²) in [5.74, 6) is 0. The number of benzene rings is 1. The van der Waals surface area contributed by atoms with Gasteiger partial charge in [-0.15, -0.1) is 0 Å². The largest absolute Gasteiger partial charge is 0.446 e. The number of carbonyl (C=O) groups excluding carboxylic acids is 1. The number of rotatable bonds is 2. The smallest absolute Gasteiger partial charge is 0.411 e. The second kappa shape index (κ2) is 4.21. The normalized spacial score (nSPS) is 15.5. The highest BCUT2D eigenvalue weighted by Crippen LogP contribution is 2.22. The third kappa shape index (κ3) is 2.62. The van der Waals surface area contributed by atoms with Crippen LogP contribution in [-0.4, -0.2) is 12.2 Å². The Balaban J connectivity index is 1.84. The van der Waals surface area contributed by atoms with Crippen LogP contribution < -0.4 is 11.1 Å². The van der Waals surface area contributed by atoms with E-state index >= 15 is 0 Å². The Bertz CT molecular complexity index is 344. The van der Waals surface area contributed by atoms with Gasteiger partial charge in [0.2, 0.25) is 0 Å². The van der Waals surface area contributed by atoms with Crippen LogP contribution in [0.4, 0.5) is 16.2 Å². The summed E-state index contributed by atoms with van der Waals surface area (Å²) in [4.78, 5) is 11.3. The van der Waals surface area contributed by atoms with Crippen molar-refractivity contribution in [2.45, 2.75) is 25.4 Å². The number of anilines is 2. The summed E-state index contributed by atoms with van der Waals surface area (Å²) in [6.45, 7) is 0. The minimum absolute atomic E-state index is 0.110. The molecule has 3 N–H and O–H groups in total. The van der Waals surface area contributed by atoms with Gasteiger partial charge in [0.1, 0.15) is 6.10 Å². The molecule has 15 heavy (non-hydrogen) atoms. The molecular formula is C11H14N2O2. The molecule has 0 spiro atoms. The predicted molar refractivity (Wildman–Crippen MR) is 58.6 cm³/mol. The maximum absolute atomic E-state index is 11.3. The van der Waals surface area contributed by atoms with Gasteiger partial charge in [0.15, 0.2) is 0 Å². The van der Waals surface area contributed by atoms with Crippen molar-refractivity contribution in [1.82, 2.24) is 0 Å². The molecule has 1 fully saturated rings. The minimum atomic E-state index is -0.385. The Labute approximate surface area is 88.4 Å². The number of amides is 1. The van der Waals surface area contributed by atoms with Crippen LogP contribution in [0.5, 0.6) is 0 Å². The Morgan fingerprint density at radius 2 is 2.00 bits per heavy atom. The van der Waals surface area contributed by atoms with Crippen molar-refractivity contribution in [2.75, 3.05) is 11.1 Å². The molecule has 0 aliphatic heterocycles. The SMILES string of the molecule is Nc1ccc(NC(=O)OC2CCC2)cc1. The molecule has 2 rings (SSSR count). The van der Waals surface area contributed by atoms with Gasteiger partial charge in [-0.25, -0.2) is 4.79 Å². The van der Waals surface area contributed by atoms with E-state index in [0.717, 1.165) is 19.3 Å². The van der Waals surface area contributed by atoms with Crippen LogP contribution in [0.3, 0.4) is 0 Å². The van der Waals surface area contributed by atoms with Gasteiger partial charge in [-0.1, -0.05) is 0 Å². The number of nitrogens with one attached hydrogen (secondary N) is 1. The Morgan fingerprint density at radius 3 is 2.53 bits per heavy atom. The standard InChI is InChI=1S/C11H14N2O2/c12-8-4-6-9(7-5-8)13-11(14)15-10-2-1-3-10/h4-7,10H,1-3,12H2,(H,13,14). The number of hydrogen-bond donors (Lipinski definition) is 2. The third-order valence-electron chi connectivity index (χ3n) is 2.48. The molecule has 1 saturated carbocycles. The van der Waals surface area contributed by atoms with E-state index in [1.807, 2.05) is 0 Å². The maximum atomic E-state index is 11.3. The van der Waals surface area contributed by atoms with Gasteiger partial charge >= 0.3 is 6.09 Å². The van der Waals surface area contributed by atoms with Gasteiger partial charge in [-0.2, -0.15) is 0 Å². The predicted octanol–water partition coefficient (Wildman–Crippen LogP) is 2.37. The highest BCUT2D eigenvalue weighted by Gasteiger charge is 2.21. The van der Waals surface area contributed by atoms with Crippen LogP contribution in [0.2, 0.25) is 0 Å². The van der Waals surface area contributed by atoms with Crippen LogP contribution in [0.15, 0.2) is 24.3 Å². The fraction of sp³-hybridized carbons (Fsp3) is 0.364. The molecule has 1 aromatic carbocycles. The molecule has 4 heteroatoms. The van der Waals surface area contributed by atoms with Gasteiger partial charge in [-0.05, 0) is 43.5 Å². The van der Waals surface area contributed by atoms with E-state index in [1.165, 1.54) is 0 Å². The van der Waals surface area contributed by atoms with E-state index in [0.29, 0.717) is 11.4 Å². The van der Waals surface area contributed by atoms with E-state index in [2.05, 4.69) is 5.32 Å². The van der Waals surface area contributed by atoms with E-state index in [4.69, 9.17) is 10.5 Å². The molecule has 0 aromatic heterocycles. The molecule has 0 unspecified atom stereocenters. The number of ether oxygens (including phenoxy) is 1. The topological polar surface area (TPSA) is 64.3 Å². The lowest BCUT2D eigenvalue weighted by Gasteiger charge is -2.25. The first-order valence-electron chi connectivity index (χ1n) is 5.07. The summed E-state index contributed by atoms with van der Waals surface area (Å²) in [6, 6.07) is 6.96. The van der Waals surface area contributed by atoms with Crippen molar-refractivity contribution in [2.24, 2.45) is 0 Å².